The molecule has 0 aliphatic heterocycles. The summed E-state index contributed by atoms with van der Waals surface area (Å²) in [6.45, 7) is 16.1. The van der Waals surface area contributed by atoms with Crippen LogP contribution in [0.4, 0.5) is 0 Å². The van der Waals surface area contributed by atoms with E-state index in [2.05, 4.69) is 0 Å². The van der Waals surface area contributed by atoms with Crippen LogP contribution in [0.2, 0.25) is 0 Å². The molecule has 0 atom stereocenters. The lowest BCUT2D eigenvalue weighted by Crippen LogP contribution is -2.24. The number of hydrogen-bond donors (Lipinski definition) is 1. The molecule has 0 saturated heterocycles. The van der Waals surface area contributed by atoms with Crippen molar-refractivity contribution in [3.8, 4) is 0 Å². The van der Waals surface area contributed by atoms with Crippen LogP contribution in [0.1, 0.15) is 33.6 Å². The van der Waals surface area contributed by atoms with Crippen LogP contribution in [0, 0.1) is 0 Å². The molecule has 0 unspecified atom stereocenters. The maximum Gasteiger partial charge on any atom is 0.308 e. The van der Waals surface area contributed by atoms with E-state index < -0.39 is 11.6 Å². The van der Waals surface area contributed by atoms with Gasteiger partial charge in [-0.05, 0) is 20.8 Å². The normalized spacial score (nSPS) is 11.7. The summed E-state index contributed by atoms with van der Waals surface area (Å²) in [6, 6.07) is 0. The molecule has 0 aliphatic carbocycles. The molecule has 0 bridgehead atoms. The molecule has 0 fully saturated rings. The summed E-state index contributed by atoms with van der Waals surface area (Å²) in [4.78, 5) is 21.9. The number of carbonyl (C=O) groups is 2. The minimum atomic E-state index is -0.877. The topological polar surface area (TPSA) is 174 Å². The van der Waals surface area contributed by atoms with Crippen LogP contribution in [-0.4, -0.2) is 181 Å². The zero-order chi connectivity index (χ0) is 35.2. The van der Waals surface area contributed by atoms with Crippen molar-refractivity contribution in [1.29, 1.82) is 0 Å². The third-order valence-corrected chi connectivity index (χ3v) is 5.42. The van der Waals surface area contributed by atoms with Crippen molar-refractivity contribution in [3.05, 3.63) is 0 Å². The number of rotatable bonds is 39. The molecule has 16 heteroatoms. The number of aliphatic carboxylic acids is 1. The van der Waals surface area contributed by atoms with Crippen molar-refractivity contribution in [1.82, 2.24) is 0 Å². The highest BCUT2D eigenvalue weighted by Crippen LogP contribution is 2.08. The van der Waals surface area contributed by atoms with Gasteiger partial charge in [-0.25, -0.2) is 0 Å². The van der Waals surface area contributed by atoms with Crippen molar-refractivity contribution in [2.45, 2.75) is 39.2 Å². The maximum absolute atomic E-state index is 11.6. The van der Waals surface area contributed by atoms with Gasteiger partial charge in [-0.3, -0.25) is 9.59 Å². The molecule has 0 radical (unpaired) electrons. The van der Waals surface area contributed by atoms with Crippen molar-refractivity contribution in [2.75, 3.05) is 159 Å². The predicted octanol–water partition coefficient (Wildman–Crippen LogP) is 1.39. The zero-order valence-corrected chi connectivity index (χ0v) is 29.5. The lowest BCUT2D eigenvalue weighted by atomic mass is 10.2. The fourth-order valence-corrected chi connectivity index (χ4v) is 3.23. The van der Waals surface area contributed by atoms with E-state index in [4.69, 9.17) is 66.7 Å². The molecule has 0 aromatic carbocycles. The Hall–Kier alpha value is -1.54. The van der Waals surface area contributed by atoms with Gasteiger partial charge >= 0.3 is 11.9 Å². The van der Waals surface area contributed by atoms with Crippen LogP contribution in [0.3, 0.4) is 0 Å². The van der Waals surface area contributed by atoms with Crippen molar-refractivity contribution in [3.63, 3.8) is 0 Å². The first-order chi connectivity index (χ1) is 23.3. The first-order valence-corrected chi connectivity index (χ1v) is 16.7. The Morgan fingerprint density at radius 3 is 0.729 bits per heavy atom. The van der Waals surface area contributed by atoms with Gasteiger partial charge in [0.05, 0.1) is 171 Å². The Labute approximate surface area is 286 Å². The van der Waals surface area contributed by atoms with E-state index in [1.165, 1.54) is 0 Å². The molecule has 286 valence electrons. The Morgan fingerprint density at radius 2 is 0.542 bits per heavy atom. The number of carboxylic acid groups (broad SMARTS) is 1. The van der Waals surface area contributed by atoms with E-state index in [0.717, 1.165) is 0 Å². The Morgan fingerprint density at radius 1 is 0.354 bits per heavy atom. The Bertz CT molecular complexity index is 692. The number of carboxylic acids is 1. The van der Waals surface area contributed by atoms with E-state index in [9.17, 15) is 9.59 Å². The zero-order valence-electron chi connectivity index (χ0n) is 29.5. The third kappa shape index (κ3) is 42.5. The molecule has 0 aliphatic rings. The van der Waals surface area contributed by atoms with Gasteiger partial charge in [0.1, 0.15) is 5.60 Å². The molecule has 48 heavy (non-hydrogen) atoms. The van der Waals surface area contributed by atoms with Gasteiger partial charge in [0.25, 0.3) is 0 Å². The molecule has 0 spiro atoms. The summed E-state index contributed by atoms with van der Waals surface area (Å²) in [6.07, 6.45) is 0.220. The Balaban J connectivity index is 3.10. The standard InChI is InChI=1S/C32H62O16/c1-32(2,3)48-31(35)5-7-37-9-11-39-13-15-41-17-19-43-21-23-45-25-27-47-29-28-46-26-24-44-22-20-42-18-16-40-14-12-38-10-8-36-6-4-30(33)34/h4-29H2,1-3H3,(H,33,34). The lowest BCUT2D eigenvalue weighted by Gasteiger charge is -2.19. The Kier molecular flexibility index (Phi) is 35.6. The molecular weight excluding hydrogens is 640 g/mol. The SMILES string of the molecule is CC(C)(C)OC(=O)CCOCCOCCOCCOCCOCCOCCOCCOCCOCCOCCOCCOCCC(=O)O. The van der Waals surface area contributed by atoms with E-state index in [-0.39, 0.29) is 25.4 Å². The summed E-state index contributed by atoms with van der Waals surface area (Å²) in [7, 11) is 0. The van der Waals surface area contributed by atoms with Gasteiger partial charge < -0.3 is 66.7 Å². The van der Waals surface area contributed by atoms with E-state index in [1.54, 1.807) is 0 Å². The number of ether oxygens (including phenoxy) is 13. The van der Waals surface area contributed by atoms with Crippen LogP contribution >= 0.6 is 0 Å². The first kappa shape index (κ1) is 46.5. The largest absolute Gasteiger partial charge is 0.481 e. The second kappa shape index (κ2) is 36.7. The molecule has 0 rings (SSSR count). The summed E-state index contributed by atoms with van der Waals surface area (Å²) in [5, 5.41) is 8.49. The molecule has 0 saturated carbocycles. The molecule has 0 amide bonds. The summed E-state index contributed by atoms with van der Waals surface area (Å²) in [5.74, 6) is -1.15. The molecule has 0 aromatic heterocycles. The number of esters is 1. The van der Waals surface area contributed by atoms with E-state index in [1.807, 2.05) is 20.8 Å². The van der Waals surface area contributed by atoms with Gasteiger partial charge in [0, 0.05) is 0 Å². The van der Waals surface area contributed by atoms with Crippen LogP contribution in [0.15, 0.2) is 0 Å². The highest BCUT2D eigenvalue weighted by Gasteiger charge is 2.15. The predicted molar refractivity (Wildman–Crippen MR) is 173 cm³/mol. The lowest BCUT2D eigenvalue weighted by molar-refractivity contribution is -0.156. The van der Waals surface area contributed by atoms with Gasteiger partial charge in [0.2, 0.25) is 0 Å². The second-order valence-electron chi connectivity index (χ2n) is 10.8. The fraction of sp³-hybridized carbons (Fsp3) is 0.938. The van der Waals surface area contributed by atoms with Crippen LogP contribution < -0.4 is 0 Å². The van der Waals surface area contributed by atoms with Gasteiger partial charge in [-0.2, -0.15) is 0 Å². The van der Waals surface area contributed by atoms with Crippen LogP contribution in [-0.2, 0) is 71.2 Å². The second-order valence-corrected chi connectivity index (χ2v) is 10.8. The molecule has 16 nitrogen and oxygen atoms in total. The minimum absolute atomic E-state index is 0.00605. The molecule has 1 N–H and O–H groups in total. The highest BCUT2D eigenvalue weighted by molar-refractivity contribution is 5.69. The quantitative estimate of drug-likeness (QED) is 0.0718. The average molecular weight is 703 g/mol. The van der Waals surface area contributed by atoms with Crippen molar-refractivity contribution in [2.24, 2.45) is 0 Å². The maximum atomic E-state index is 11.6. The summed E-state index contributed by atoms with van der Waals surface area (Å²) in [5.41, 5.74) is -0.478. The van der Waals surface area contributed by atoms with E-state index in [0.29, 0.717) is 152 Å². The van der Waals surface area contributed by atoms with Crippen molar-refractivity contribution >= 4 is 11.9 Å². The van der Waals surface area contributed by atoms with Crippen LogP contribution in [0.5, 0.6) is 0 Å². The smallest absolute Gasteiger partial charge is 0.308 e. The fourth-order valence-electron chi connectivity index (χ4n) is 3.23. The monoisotopic (exact) mass is 702 g/mol. The summed E-state index contributed by atoms with van der Waals surface area (Å²) >= 11 is 0. The first-order valence-electron chi connectivity index (χ1n) is 16.7. The average Bonchev–Trinajstić information content (AvgIpc) is 3.03. The third-order valence-electron chi connectivity index (χ3n) is 5.42. The van der Waals surface area contributed by atoms with E-state index >= 15 is 0 Å². The van der Waals surface area contributed by atoms with Gasteiger partial charge in [-0.1, -0.05) is 0 Å². The summed E-state index contributed by atoms with van der Waals surface area (Å²) < 4.78 is 70.0. The van der Waals surface area contributed by atoms with Crippen molar-refractivity contribution < 1.29 is 76.3 Å². The molecule has 0 heterocycles. The number of carbonyl (C=O) groups excluding carboxylic acids is 1. The minimum Gasteiger partial charge on any atom is -0.481 e. The van der Waals surface area contributed by atoms with Gasteiger partial charge in [-0.15, -0.1) is 0 Å². The van der Waals surface area contributed by atoms with Gasteiger partial charge in [0.15, 0.2) is 0 Å². The molecular formula is C32H62O16. The highest BCUT2D eigenvalue weighted by atomic mass is 16.6. The molecule has 0 aromatic rings. The number of hydrogen-bond acceptors (Lipinski definition) is 15. The van der Waals surface area contributed by atoms with Crippen LogP contribution in [0.25, 0.3) is 0 Å².